The molecule has 116 valence electrons. The van der Waals surface area contributed by atoms with Crippen molar-refractivity contribution >= 4 is 0 Å². The second-order valence-corrected chi connectivity index (χ2v) is 5.30. The van der Waals surface area contributed by atoms with Crippen LogP contribution < -0.4 is 5.32 Å². The number of benzene rings is 2. The maximum atomic E-state index is 13.2. The first-order valence-corrected chi connectivity index (χ1v) is 7.03. The van der Waals surface area contributed by atoms with E-state index in [1.807, 2.05) is 0 Å². The van der Waals surface area contributed by atoms with E-state index in [1.165, 1.54) is 24.3 Å². The number of halogens is 2. The van der Waals surface area contributed by atoms with E-state index in [9.17, 15) is 8.78 Å². The number of nitrogens with one attached hydrogen (secondary N) is 1. The zero-order valence-electron chi connectivity index (χ0n) is 12.2. The summed E-state index contributed by atoms with van der Waals surface area (Å²) in [5.74, 6) is -0.573. The van der Waals surface area contributed by atoms with E-state index in [-0.39, 0.29) is 24.5 Å². The van der Waals surface area contributed by atoms with Gasteiger partial charge in [-0.15, -0.1) is 0 Å². The lowest BCUT2D eigenvalue weighted by molar-refractivity contribution is -0.0305. The predicted octanol–water partition coefficient (Wildman–Crippen LogP) is 2.80. The maximum absolute atomic E-state index is 13.2. The highest BCUT2D eigenvalue weighted by Crippen LogP contribution is 2.44. The van der Waals surface area contributed by atoms with Gasteiger partial charge in [0.1, 0.15) is 18.4 Å². The van der Waals surface area contributed by atoms with Crippen LogP contribution in [0.4, 0.5) is 8.78 Å². The molecule has 0 aromatic heterocycles. The van der Waals surface area contributed by atoms with Crippen molar-refractivity contribution < 1.29 is 18.3 Å². The fourth-order valence-electron chi connectivity index (χ4n) is 2.81. The minimum Gasteiger partial charge on any atom is -0.359 e. The van der Waals surface area contributed by atoms with Crippen molar-refractivity contribution in [3.63, 3.8) is 0 Å². The van der Waals surface area contributed by atoms with Crippen LogP contribution in [0.25, 0.3) is 0 Å². The topological polar surface area (TPSA) is 40.4 Å². The number of rotatable bonds is 6. The fourth-order valence-corrected chi connectivity index (χ4v) is 2.81. The normalized spacial score (nSPS) is 19.1. The third kappa shape index (κ3) is 2.75. The Bertz CT molecular complexity index is 583. The lowest BCUT2D eigenvalue weighted by Gasteiger charge is -2.17. The summed E-state index contributed by atoms with van der Waals surface area (Å²) in [5.41, 5.74) is 1.37. The van der Waals surface area contributed by atoms with Gasteiger partial charge in [-0.1, -0.05) is 24.3 Å². The molecule has 0 unspecified atom stereocenters. The van der Waals surface area contributed by atoms with Gasteiger partial charge in [-0.3, -0.25) is 5.32 Å². The van der Waals surface area contributed by atoms with E-state index in [2.05, 4.69) is 5.32 Å². The highest BCUT2D eigenvalue weighted by atomic mass is 19.1. The van der Waals surface area contributed by atoms with Gasteiger partial charge < -0.3 is 9.47 Å². The average Bonchev–Trinajstić information content (AvgIpc) is 3.24. The van der Waals surface area contributed by atoms with Crippen LogP contribution in [0, 0.1) is 11.6 Å². The SMILES string of the molecule is COCOC[C@@H]1NC1(c1ccc(F)cc1)c1ccc(F)cc1. The molecule has 0 bridgehead atoms. The minimum absolute atomic E-state index is 0.0265. The largest absolute Gasteiger partial charge is 0.359 e. The smallest absolute Gasteiger partial charge is 0.146 e. The molecular weight excluding hydrogens is 288 g/mol. The summed E-state index contributed by atoms with van der Waals surface area (Å²) < 4.78 is 36.7. The molecule has 2 aromatic rings. The molecule has 0 aliphatic carbocycles. The Morgan fingerprint density at radius 3 is 1.91 bits per heavy atom. The fraction of sp³-hybridized carbons (Fsp3) is 0.294. The highest BCUT2D eigenvalue weighted by Gasteiger charge is 2.56. The monoisotopic (exact) mass is 305 g/mol. The molecule has 2 aromatic carbocycles. The second-order valence-electron chi connectivity index (χ2n) is 5.30. The molecule has 0 saturated carbocycles. The molecule has 1 aliphatic rings. The van der Waals surface area contributed by atoms with Crippen molar-refractivity contribution in [2.24, 2.45) is 0 Å². The van der Waals surface area contributed by atoms with Gasteiger partial charge in [-0.2, -0.15) is 0 Å². The Morgan fingerprint density at radius 2 is 1.45 bits per heavy atom. The molecule has 1 atom stereocenters. The van der Waals surface area contributed by atoms with Crippen LogP contribution >= 0.6 is 0 Å². The zero-order chi connectivity index (χ0) is 15.6. The van der Waals surface area contributed by atoms with Crippen molar-refractivity contribution in [1.82, 2.24) is 5.32 Å². The van der Waals surface area contributed by atoms with Crippen LogP contribution in [0.2, 0.25) is 0 Å². The number of hydrogen-bond acceptors (Lipinski definition) is 3. The van der Waals surface area contributed by atoms with E-state index in [4.69, 9.17) is 9.47 Å². The van der Waals surface area contributed by atoms with Crippen molar-refractivity contribution in [2.45, 2.75) is 11.6 Å². The second kappa shape index (κ2) is 6.12. The first-order valence-electron chi connectivity index (χ1n) is 7.03. The molecule has 0 radical (unpaired) electrons. The van der Waals surface area contributed by atoms with Gasteiger partial charge in [0.15, 0.2) is 0 Å². The van der Waals surface area contributed by atoms with Crippen LogP contribution in [0.1, 0.15) is 11.1 Å². The first kappa shape index (κ1) is 15.1. The molecule has 1 aliphatic heterocycles. The van der Waals surface area contributed by atoms with Gasteiger partial charge in [0.25, 0.3) is 0 Å². The molecular formula is C17H17F2NO2. The Kier molecular flexibility index (Phi) is 4.20. The van der Waals surface area contributed by atoms with Crippen LogP contribution in [0.3, 0.4) is 0 Å². The van der Waals surface area contributed by atoms with Gasteiger partial charge in [-0.05, 0) is 35.4 Å². The van der Waals surface area contributed by atoms with E-state index < -0.39 is 5.54 Å². The predicted molar refractivity (Wildman–Crippen MR) is 78.3 cm³/mol. The van der Waals surface area contributed by atoms with Crippen LogP contribution in [-0.2, 0) is 15.0 Å². The molecule has 3 nitrogen and oxygen atoms in total. The molecule has 3 rings (SSSR count). The summed E-state index contributed by atoms with van der Waals surface area (Å²) in [6.45, 7) is 0.656. The summed E-state index contributed by atoms with van der Waals surface area (Å²) in [6.07, 6.45) is 0. The quantitative estimate of drug-likeness (QED) is 0.507. The number of ether oxygens (including phenoxy) is 2. The molecule has 22 heavy (non-hydrogen) atoms. The average molecular weight is 305 g/mol. The molecule has 0 spiro atoms. The molecule has 5 heteroatoms. The highest BCUT2D eigenvalue weighted by molar-refractivity contribution is 5.47. The summed E-state index contributed by atoms with van der Waals surface area (Å²) in [6, 6.07) is 12.7. The summed E-state index contributed by atoms with van der Waals surface area (Å²) in [5, 5.41) is 3.39. The molecule has 0 amide bonds. The minimum atomic E-state index is -0.477. The zero-order valence-corrected chi connectivity index (χ0v) is 12.2. The Hall–Kier alpha value is -1.82. The third-order valence-electron chi connectivity index (χ3n) is 3.93. The Balaban J connectivity index is 1.90. The van der Waals surface area contributed by atoms with Crippen molar-refractivity contribution in [1.29, 1.82) is 0 Å². The van der Waals surface area contributed by atoms with E-state index in [0.29, 0.717) is 6.61 Å². The van der Waals surface area contributed by atoms with Gasteiger partial charge in [-0.25, -0.2) is 8.78 Å². The lowest BCUT2D eigenvalue weighted by Crippen LogP contribution is -2.19. The summed E-state index contributed by atoms with van der Waals surface area (Å²) in [4.78, 5) is 0. The van der Waals surface area contributed by atoms with Crippen LogP contribution in [0.5, 0.6) is 0 Å². The van der Waals surface area contributed by atoms with Crippen molar-refractivity contribution in [3.8, 4) is 0 Å². The lowest BCUT2D eigenvalue weighted by atomic mass is 9.87. The summed E-state index contributed by atoms with van der Waals surface area (Å²) >= 11 is 0. The first-order chi connectivity index (χ1) is 10.7. The Morgan fingerprint density at radius 1 is 0.955 bits per heavy atom. The third-order valence-corrected chi connectivity index (χ3v) is 3.93. The van der Waals surface area contributed by atoms with Gasteiger partial charge in [0.2, 0.25) is 0 Å². The van der Waals surface area contributed by atoms with E-state index >= 15 is 0 Å². The standard InChI is InChI=1S/C17H17F2NO2/c1-21-11-22-10-16-17(20-16,12-2-6-14(18)7-3-12)13-4-8-15(19)9-5-13/h2-9,16,20H,10-11H2,1H3/t16-/m0/s1. The number of methoxy groups -OCH3 is 1. The molecule has 1 saturated heterocycles. The van der Waals surface area contributed by atoms with Crippen LogP contribution in [-0.4, -0.2) is 26.6 Å². The van der Waals surface area contributed by atoms with Gasteiger partial charge >= 0.3 is 0 Å². The van der Waals surface area contributed by atoms with Crippen molar-refractivity contribution in [2.75, 3.05) is 20.5 Å². The van der Waals surface area contributed by atoms with Gasteiger partial charge in [0.05, 0.1) is 18.2 Å². The Labute approximate surface area is 127 Å². The maximum Gasteiger partial charge on any atom is 0.146 e. The van der Waals surface area contributed by atoms with Crippen molar-refractivity contribution in [3.05, 3.63) is 71.3 Å². The number of hydrogen-bond donors (Lipinski definition) is 1. The summed E-state index contributed by atoms with van der Waals surface area (Å²) in [7, 11) is 1.56. The molecule has 1 N–H and O–H groups in total. The molecule has 1 heterocycles. The van der Waals surface area contributed by atoms with E-state index in [0.717, 1.165) is 11.1 Å². The van der Waals surface area contributed by atoms with Gasteiger partial charge in [0, 0.05) is 7.11 Å². The van der Waals surface area contributed by atoms with Crippen LogP contribution in [0.15, 0.2) is 48.5 Å². The van der Waals surface area contributed by atoms with E-state index in [1.54, 1.807) is 31.4 Å². The molecule has 1 fully saturated rings.